The second-order valence-corrected chi connectivity index (χ2v) is 2.59. The molecule has 4 nitrogen and oxygen atoms in total. The number of aliphatic hydroxyl groups excluding tert-OH is 1. The van der Waals surface area contributed by atoms with E-state index in [9.17, 15) is 4.79 Å². The Hall–Kier alpha value is -0.610. The number of rotatable bonds is 4. The number of nitrogens with two attached hydrogens (primary N) is 1. The van der Waals surface area contributed by atoms with E-state index < -0.39 is 12.1 Å². The molecule has 4 N–H and O–H groups in total. The molecule has 0 radical (unpaired) electrons. The van der Waals surface area contributed by atoms with Crippen LogP contribution in [0, 0.1) is 0 Å². The number of amides is 1. The number of hydrogen-bond acceptors (Lipinski definition) is 3. The van der Waals surface area contributed by atoms with E-state index in [1.807, 2.05) is 6.92 Å². The molecule has 0 saturated carbocycles. The standard InChI is InChI=1S/C7H16N2O2/c1-3-4-9-7(11)6(10)5(2)8/h5-6,10H,3-4,8H2,1-2H3,(H,9,11). The van der Waals surface area contributed by atoms with Crippen LogP contribution in [-0.2, 0) is 4.79 Å². The van der Waals surface area contributed by atoms with Crippen LogP contribution in [0.5, 0.6) is 0 Å². The third-order valence-electron chi connectivity index (χ3n) is 1.32. The Bertz CT molecular complexity index is 126. The third-order valence-corrected chi connectivity index (χ3v) is 1.32. The van der Waals surface area contributed by atoms with Crippen molar-refractivity contribution in [1.82, 2.24) is 5.32 Å². The molecule has 0 aliphatic carbocycles. The van der Waals surface area contributed by atoms with Crippen LogP contribution in [0.4, 0.5) is 0 Å². The van der Waals surface area contributed by atoms with E-state index in [0.717, 1.165) is 6.42 Å². The normalized spacial score (nSPS) is 15.6. The first-order valence-corrected chi connectivity index (χ1v) is 3.81. The van der Waals surface area contributed by atoms with Crippen molar-refractivity contribution in [2.75, 3.05) is 6.54 Å². The Morgan fingerprint density at radius 3 is 2.64 bits per heavy atom. The van der Waals surface area contributed by atoms with E-state index in [4.69, 9.17) is 10.8 Å². The lowest BCUT2D eigenvalue weighted by molar-refractivity contribution is -0.130. The van der Waals surface area contributed by atoms with Gasteiger partial charge in [0.15, 0.2) is 0 Å². The summed E-state index contributed by atoms with van der Waals surface area (Å²) in [5, 5.41) is 11.6. The zero-order valence-corrected chi connectivity index (χ0v) is 7.00. The molecule has 0 saturated heterocycles. The van der Waals surface area contributed by atoms with Gasteiger partial charge in [0.2, 0.25) is 5.91 Å². The number of nitrogens with one attached hydrogen (secondary N) is 1. The maximum Gasteiger partial charge on any atom is 0.250 e. The maximum atomic E-state index is 10.9. The van der Waals surface area contributed by atoms with Crippen molar-refractivity contribution >= 4 is 5.91 Å². The average Bonchev–Trinajstić information content (AvgIpc) is 1.98. The SMILES string of the molecule is CCCNC(=O)C(O)C(C)N. The van der Waals surface area contributed by atoms with Crippen molar-refractivity contribution in [3.63, 3.8) is 0 Å². The van der Waals surface area contributed by atoms with Gasteiger partial charge in [0, 0.05) is 12.6 Å². The smallest absolute Gasteiger partial charge is 0.250 e. The van der Waals surface area contributed by atoms with E-state index in [-0.39, 0.29) is 5.91 Å². The molecular weight excluding hydrogens is 144 g/mol. The van der Waals surface area contributed by atoms with Gasteiger partial charge in [-0.15, -0.1) is 0 Å². The van der Waals surface area contributed by atoms with Crippen LogP contribution < -0.4 is 11.1 Å². The van der Waals surface area contributed by atoms with Gasteiger partial charge in [-0.2, -0.15) is 0 Å². The second-order valence-electron chi connectivity index (χ2n) is 2.59. The summed E-state index contributed by atoms with van der Waals surface area (Å²) in [5.41, 5.74) is 5.30. The molecule has 0 aliphatic heterocycles. The lowest BCUT2D eigenvalue weighted by Crippen LogP contribution is -2.44. The highest BCUT2D eigenvalue weighted by Gasteiger charge is 2.17. The number of carbonyl (C=O) groups is 1. The minimum atomic E-state index is -1.08. The molecule has 0 heterocycles. The molecule has 0 bridgehead atoms. The van der Waals surface area contributed by atoms with Gasteiger partial charge in [0.05, 0.1) is 0 Å². The lowest BCUT2D eigenvalue weighted by atomic mass is 10.2. The van der Waals surface area contributed by atoms with Gasteiger partial charge in [0.25, 0.3) is 0 Å². The molecule has 0 rings (SSSR count). The highest BCUT2D eigenvalue weighted by atomic mass is 16.3. The van der Waals surface area contributed by atoms with Crippen LogP contribution >= 0.6 is 0 Å². The predicted octanol–water partition coefficient (Wildman–Crippen LogP) is -0.779. The van der Waals surface area contributed by atoms with Crippen LogP contribution in [0.1, 0.15) is 20.3 Å². The first-order valence-electron chi connectivity index (χ1n) is 3.81. The number of carbonyl (C=O) groups excluding carboxylic acids is 1. The quantitative estimate of drug-likeness (QED) is 0.505. The topological polar surface area (TPSA) is 75.3 Å². The van der Waals surface area contributed by atoms with E-state index >= 15 is 0 Å². The monoisotopic (exact) mass is 160 g/mol. The summed E-state index contributed by atoms with van der Waals surface area (Å²) in [7, 11) is 0. The van der Waals surface area contributed by atoms with Gasteiger partial charge >= 0.3 is 0 Å². The molecule has 1 amide bonds. The summed E-state index contributed by atoms with van der Waals surface area (Å²) >= 11 is 0. The molecule has 0 fully saturated rings. The van der Waals surface area contributed by atoms with Crippen molar-refractivity contribution in [2.45, 2.75) is 32.4 Å². The van der Waals surface area contributed by atoms with Gasteiger partial charge < -0.3 is 16.2 Å². The van der Waals surface area contributed by atoms with E-state index in [1.165, 1.54) is 0 Å². The van der Waals surface area contributed by atoms with Crippen molar-refractivity contribution in [1.29, 1.82) is 0 Å². The molecule has 0 aromatic rings. The van der Waals surface area contributed by atoms with Gasteiger partial charge in [0.1, 0.15) is 6.10 Å². The zero-order valence-electron chi connectivity index (χ0n) is 7.00. The summed E-state index contributed by atoms with van der Waals surface area (Å²) in [4.78, 5) is 10.9. The van der Waals surface area contributed by atoms with Crippen LogP contribution in [0.25, 0.3) is 0 Å². The molecule has 4 heteroatoms. The number of aliphatic hydroxyl groups is 1. The first kappa shape index (κ1) is 10.4. The highest BCUT2D eigenvalue weighted by Crippen LogP contribution is 1.88. The van der Waals surface area contributed by atoms with Crippen molar-refractivity contribution in [2.24, 2.45) is 5.73 Å². The lowest BCUT2D eigenvalue weighted by Gasteiger charge is -2.13. The summed E-state index contributed by atoms with van der Waals surface area (Å²) in [6.07, 6.45) is -0.223. The molecule has 11 heavy (non-hydrogen) atoms. The fraction of sp³-hybridized carbons (Fsp3) is 0.857. The van der Waals surface area contributed by atoms with E-state index in [0.29, 0.717) is 6.54 Å². The molecule has 0 aliphatic rings. The summed E-state index contributed by atoms with van der Waals surface area (Å²) in [5.74, 6) is -0.387. The molecule has 0 aromatic heterocycles. The summed E-state index contributed by atoms with van der Waals surface area (Å²) in [6.45, 7) is 4.12. The Labute approximate surface area is 66.8 Å². The molecule has 2 unspecified atom stereocenters. The van der Waals surface area contributed by atoms with Crippen molar-refractivity contribution < 1.29 is 9.90 Å². The molecule has 0 aromatic carbocycles. The molecule has 0 spiro atoms. The highest BCUT2D eigenvalue weighted by molar-refractivity contribution is 5.81. The fourth-order valence-corrected chi connectivity index (χ4v) is 0.592. The van der Waals surface area contributed by atoms with Gasteiger partial charge in [-0.1, -0.05) is 6.92 Å². The average molecular weight is 160 g/mol. The Morgan fingerprint density at radius 1 is 1.73 bits per heavy atom. The predicted molar refractivity (Wildman–Crippen MR) is 43.0 cm³/mol. The first-order chi connectivity index (χ1) is 5.09. The van der Waals surface area contributed by atoms with Crippen LogP contribution in [0.15, 0.2) is 0 Å². The van der Waals surface area contributed by atoms with Crippen LogP contribution in [-0.4, -0.2) is 29.7 Å². The van der Waals surface area contributed by atoms with Crippen LogP contribution in [0.2, 0.25) is 0 Å². The van der Waals surface area contributed by atoms with Crippen molar-refractivity contribution in [3.05, 3.63) is 0 Å². The minimum absolute atomic E-state index is 0.387. The van der Waals surface area contributed by atoms with Crippen molar-refractivity contribution in [3.8, 4) is 0 Å². The molecular formula is C7H16N2O2. The fourth-order valence-electron chi connectivity index (χ4n) is 0.592. The third kappa shape index (κ3) is 3.95. The molecule has 2 atom stereocenters. The van der Waals surface area contributed by atoms with Crippen LogP contribution in [0.3, 0.4) is 0 Å². The Kier molecular flexibility index (Phi) is 4.81. The van der Waals surface area contributed by atoms with E-state index in [1.54, 1.807) is 6.92 Å². The Balaban J connectivity index is 3.64. The van der Waals surface area contributed by atoms with Gasteiger partial charge in [-0.05, 0) is 13.3 Å². The van der Waals surface area contributed by atoms with Gasteiger partial charge in [-0.3, -0.25) is 4.79 Å². The Morgan fingerprint density at radius 2 is 2.27 bits per heavy atom. The zero-order chi connectivity index (χ0) is 8.85. The summed E-state index contributed by atoms with van der Waals surface area (Å²) in [6, 6.07) is -0.508. The number of hydrogen-bond donors (Lipinski definition) is 3. The maximum absolute atomic E-state index is 10.9. The van der Waals surface area contributed by atoms with Gasteiger partial charge in [-0.25, -0.2) is 0 Å². The molecule has 66 valence electrons. The van der Waals surface area contributed by atoms with E-state index in [2.05, 4.69) is 5.32 Å². The minimum Gasteiger partial charge on any atom is -0.382 e. The summed E-state index contributed by atoms with van der Waals surface area (Å²) < 4.78 is 0. The largest absolute Gasteiger partial charge is 0.382 e. The second kappa shape index (κ2) is 5.09.